The second kappa shape index (κ2) is 6.91. The summed E-state index contributed by atoms with van der Waals surface area (Å²) in [4.78, 5) is 12.7. The number of aromatic nitrogens is 1. The van der Waals surface area contributed by atoms with Gasteiger partial charge < -0.3 is 15.2 Å². The topological polar surface area (TPSA) is 67.2 Å². The summed E-state index contributed by atoms with van der Waals surface area (Å²) in [6.45, 7) is 3.45. The molecule has 1 aliphatic heterocycles. The lowest BCUT2D eigenvalue weighted by atomic mass is 10.0. The van der Waals surface area contributed by atoms with Gasteiger partial charge in [0.2, 0.25) is 0 Å². The highest BCUT2D eigenvalue weighted by Crippen LogP contribution is 2.36. The first-order valence-corrected chi connectivity index (χ1v) is 8.25. The molecule has 2 N–H and O–H groups in total. The highest BCUT2D eigenvalue weighted by atomic mass is 35.5. The van der Waals surface area contributed by atoms with Crippen molar-refractivity contribution in [1.29, 1.82) is 0 Å². The Balaban J connectivity index is 1.94. The number of amides is 1. The van der Waals surface area contributed by atoms with E-state index in [0.29, 0.717) is 32.6 Å². The average Bonchev–Trinajstić information content (AvgIpc) is 2.90. The van der Waals surface area contributed by atoms with E-state index in [9.17, 15) is 4.79 Å². The molecule has 5 nitrogen and oxygen atoms in total. The number of halogens is 2. The van der Waals surface area contributed by atoms with Gasteiger partial charge >= 0.3 is 0 Å². The van der Waals surface area contributed by atoms with E-state index in [2.05, 4.69) is 15.8 Å². The molecule has 1 aromatic heterocycles. The molecule has 2 heterocycles. The lowest BCUT2D eigenvalue weighted by molar-refractivity contribution is 0.0929. The molecule has 2 aromatic rings. The molecule has 1 atom stereocenters. The Morgan fingerprint density at radius 2 is 2.13 bits per heavy atom. The number of piperidine rings is 1. The highest BCUT2D eigenvalue weighted by molar-refractivity contribution is 6.39. The highest BCUT2D eigenvalue weighted by Gasteiger charge is 2.26. The average molecular weight is 354 g/mol. The van der Waals surface area contributed by atoms with Gasteiger partial charge in [-0.1, -0.05) is 34.4 Å². The van der Waals surface area contributed by atoms with Crippen LogP contribution >= 0.6 is 23.2 Å². The first-order valence-electron chi connectivity index (χ1n) is 7.50. The SMILES string of the molecule is Cc1onc(-c2c(Cl)cccc2Cl)c1C(=O)N[C@H]1CCCNC1. The van der Waals surface area contributed by atoms with Gasteiger partial charge in [-0.25, -0.2) is 0 Å². The van der Waals surface area contributed by atoms with Gasteiger partial charge in [-0.05, 0) is 38.4 Å². The monoisotopic (exact) mass is 353 g/mol. The van der Waals surface area contributed by atoms with Gasteiger partial charge in [-0.15, -0.1) is 0 Å². The Morgan fingerprint density at radius 1 is 1.39 bits per heavy atom. The van der Waals surface area contributed by atoms with E-state index >= 15 is 0 Å². The normalized spacial score (nSPS) is 18.0. The number of nitrogens with one attached hydrogen (secondary N) is 2. The molecule has 0 aliphatic carbocycles. The summed E-state index contributed by atoms with van der Waals surface area (Å²) in [6.07, 6.45) is 1.99. The van der Waals surface area contributed by atoms with Crippen LogP contribution in [-0.4, -0.2) is 30.2 Å². The van der Waals surface area contributed by atoms with Crippen molar-refractivity contribution >= 4 is 29.1 Å². The van der Waals surface area contributed by atoms with E-state index in [4.69, 9.17) is 27.7 Å². The van der Waals surface area contributed by atoms with E-state index in [1.807, 2.05) is 0 Å². The van der Waals surface area contributed by atoms with Crippen LogP contribution in [0.2, 0.25) is 10.0 Å². The van der Waals surface area contributed by atoms with Gasteiger partial charge in [0.25, 0.3) is 5.91 Å². The minimum atomic E-state index is -0.219. The molecule has 0 saturated carbocycles. The van der Waals surface area contributed by atoms with Crippen LogP contribution in [0.15, 0.2) is 22.7 Å². The van der Waals surface area contributed by atoms with Crippen LogP contribution in [-0.2, 0) is 0 Å². The zero-order valence-electron chi connectivity index (χ0n) is 12.7. The fourth-order valence-electron chi connectivity index (χ4n) is 2.77. The predicted octanol–water partition coefficient (Wildman–Crippen LogP) is 3.44. The van der Waals surface area contributed by atoms with Crippen molar-refractivity contribution in [2.24, 2.45) is 0 Å². The molecular formula is C16H17Cl2N3O2. The molecule has 3 rings (SSSR count). The number of rotatable bonds is 3. The fraction of sp³-hybridized carbons (Fsp3) is 0.375. The summed E-state index contributed by atoms with van der Waals surface area (Å²) in [7, 11) is 0. The molecule has 1 aromatic carbocycles. The molecule has 1 saturated heterocycles. The second-order valence-corrected chi connectivity index (χ2v) is 6.39. The Morgan fingerprint density at radius 3 is 2.78 bits per heavy atom. The maximum atomic E-state index is 12.7. The molecular weight excluding hydrogens is 337 g/mol. The lowest BCUT2D eigenvalue weighted by Crippen LogP contribution is -2.45. The van der Waals surface area contributed by atoms with E-state index in [-0.39, 0.29) is 11.9 Å². The van der Waals surface area contributed by atoms with Crippen molar-refractivity contribution in [2.75, 3.05) is 13.1 Å². The standard InChI is InChI=1S/C16H17Cl2N3O2/c1-9-13(16(22)20-10-4-3-7-19-8-10)15(21-23-9)14-11(17)5-2-6-12(14)18/h2,5-6,10,19H,3-4,7-8H2,1H3,(H,20,22)/t10-/m0/s1. The van der Waals surface area contributed by atoms with Crippen LogP contribution in [0.5, 0.6) is 0 Å². The maximum Gasteiger partial charge on any atom is 0.257 e. The van der Waals surface area contributed by atoms with Crippen molar-refractivity contribution in [3.8, 4) is 11.3 Å². The van der Waals surface area contributed by atoms with Crippen LogP contribution in [0.3, 0.4) is 0 Å². The quantitative estimate of drug-likeness (QED) is 0.886. The van der Waals surface area contributed by atoms with Crippen molar-refractivity contribution in [2.45, 2.75) is 25.8 Å². The summed E-state index contributed by atoms with van der Waals surface area (Å²) >= 11 is 12.5. The Bertz CT molecular complexity index is 704. The van der Waals surface area contributed by atoms with Crippen molar-refractivity contribution in [1.82, 2.24) is 15.8 Å². The summed E-state index contributed by atoms with van der Waals surface area (Å²) < 4.78 is 5.23. The third-order valence-corrected chi connectivity index (χ3v) is 4.55. The van der Waals surface area contributed by atoms with Gasteiger partial charge in [0.1, 0.15) is 17.0 Å². The predicted molar refractivity (Wildman–Crippen MR) is 90.1 cm³/mol. The first-order chi connectivity index (χ1) is 11.1. The molecule has 0 bridgehead atoms. The Labute approximate surface area is 144 Å². The van der Waals surface area contributed by atoms with Gasteiger partial charge in [0, 0.05) is 18.2 Å². The van der Waals surface area contributed by atoms with Crippen molar-refractivity contribution < 1.29 is 9.32 Å². The number of aryl methyl sites for hydroxylation is 1. The zero-order chi connectivity index (χ0) is 16.4. The summed E-state index contributed by atoms with van der Waals surface area (Å²) in [5, 5.41) is 11.2. The van der Waals surface area contributed by atoms with E-state index in [1.165, 1.54) is 0 Å². The first kappa shape index (κ1) is 16.3. The van der Waals surface area contributed by atoms with Crippen molar-refractivity contribution in [3.63, 3.8) is 0 Å². The van der Waals surface area contributed by atoms with E-state index in [1.54, 1.807) is 25.1 Å². The number of carbonyl (C=O) groups is 1. The fourth-order valence-corrected chi connectivity index (χ4v) is 3.34. The smallest absolute Gasteiger partial charge is 0.257 e. The number of hydrogen-bond donors (Lipinski definition) is 2. The molecule has 1 amide bonds. The van der Waals surface area contributed by atoms with Crippen LogP contribution in [0.4, 0.5) is 0 Å². The van der Waals surface area contributed by atoms with Gasteiger partial charge in [-0.3, -0.25) is 4.79 Å². The molecule has 0 unspecified atom stereocenters. The van der Waals surface area contributed by atoms with Crippen LogP contribution in [0.1, 0.15) is 29.0 Å². The lowest BCUT2D eigenvalue weighted by Gasteiger charge is -2.23. The molecule has 1 fully saturated rings. The van der Waals surface area contributed by atoms with E-state index < -0.39 is 0 Å². The Kier molecular flexibility index (Phi) is 4.90. The van der Waals surface area contributed by atoms with Crippen molar-refractivity contribution in [3.05, 3.63) is 39.6 Å². The van der Waals surface area contributed by atoms with Gasteiger partial charge in [0.15, 0.2) is 0 Å². The molecule has 23 heavy (non-hydrogen) atoms. The number of hydrogen-bond acceptors (Lipinski definition) is 4. The molecule has 1 aliphatic rings. The third-order valence-electron chi connectivity index (χ3n) is 3.92. The van der Waals surface area contributed by atoms with Crippen LogP contribution in [0, 0.1) is 6.92 Å². The molecule has 0 radical (unpaired) electrons. The second-order valence-electron chi connectivity index (χ2n) is 5.58. The van der Waals surface area contributed by atoms with Crippen LogP contribution in [0.25, 0.3) is 11.3 Å². The summed E-state index contributed by atoms with van der Waals surface area (Å²) in [5.41, 5.74) is 1.27. The van der Waals surface area contributed by atoms with Gasteiger partial charge in [0.05, 0.1) is 10.0 Å². The minimum Gasteiger partial charge on any atom is -0.360 e. The number of nitrogens with zero attached hydrogens (tertiary/aromatic N) is 1. The van der Waals surface area contributed by atoms with E-state index in [0.717, 1.165) is 25.9 Å². The molecule has 0 spiro atoms. The number of carbonyl (C=O) groups excluding carboxylic acids is 1. The number of benzene rings is 1. The van der Waals surface area contributed by atoms with Gasteiger partial charge in [-0.2, -0.15) is 0 Å². The molecule has 122 valence electrons. The third kappa shape index (κ3) is 3.37. The molecule has 7 heteroatoms. The minimum absolute atomic E-state index is 0.0973. The largest absolute Gasteiger partial charge is 0.360 e. The maximum absolute atomic E-state index is 12.7. The van der Waals surface area contributed by atoms with Crippen LogP contribution < -0.4 is 10.6 Å². The summed E-state index contributed by atoms with van der Waals surface area (Å²) in [6, 6.07) is 5.26. The zero-order valence-corrected chi connectivity index (χ0v) is 14.2. The summed E-state index contributed by atoms with van der Waals surface area (Å²) in [5.74, 6) is 0.223. The Hall–Kier alpha value is -1.56.